The molecule has 0 fully saturated rings. The van der Waals surface area contributed by atoms with Gasteiger partial charge in [-0.3, -0.25) is 4.90 Å². The molecular formula is C21H36N4O3. The lowest BCUT2D eigenvalue weighted by molar-refractivity contribution is 0.0829. The van der Waals surface area contributed by atoms with E-state index in [-0.39, 0.29) is 6.61 Å². The van der Waals surface area contributed by atoms with Crippen LogP contribution in [0.3, 0.4) is 0 Å². The zero-order valence-electron chi connectivity index (χ0n) is 18.1. The molecule has 1 aromatic rings. The fourth-order valence-corrected chi connectivity index (χ4v) is 3.37. The van der Waals surface area contributed by atoms with Crippen LogP contribution in [0.1, 0.15) is 53.5 Å². The third kappa shape index (κ3) is 8.17. The van der Waals surface area contributed by atoms with Crippen molar-refractivity contribution < 1.29 is 14.3 Å². The number of nitrogens with one attached hydrogen (secondary N) is 2. The van der Waals surface area contributed by atoms with E-state index in [0.29, 0.717) is 31.2 Å². The van der Waals surface area contributed by atoms with Crippen molar-refractivity contribution in [2.45, 2.75) is 72.7 Å². The van der Waals surface area contributed by atoms with Crippen LogP contribution in [-0.2, 0) is 11.3 Å². The second kappa shape index (κ2) is 12.2. The van der Waals surface area contributed by atoms with E-state index in [1.807, 2.05) is 30.3 Å². The van der Waals surface area contributed by atoms with Crippen molar-refractivity contribution in [3.63, 3.8) is 0 Å². The summed E-state index contributed by atoms with van der Waals surface area (Å²) < 4.78 is 5.25. The minimum absolute atomic E-state index is 0.164. The number of hydrazine groups is 1. The van der Waals surface area contributed by atoms with Crippen molar-refractivity contribution in [2.75, 3.05) is 13.1 Å². The Hall–Kier alpha value is -2.28. The molecule has 0 radical (unpaired) electrons. The topological polar surface area (TPSA) is 73.9 Å². The normalized spacial score (nSPS) is 12.2. The van der Waals surface area contributed by atoms with Crippen LogP contribution < -0.4 is 10.7 Å². The summed E-state index contributed by atoms with van der Waals surface area (Å²) in [6, 6.07) is 10.2. The summed E-state index contributed by atoms with van der Waals surface area (Å²) in [5.41, 5.74) is 3.44. The molecule has 0 spiro atoms. The molecule has 1 aromatic carbocycles. The molecule has 7 nitrogen and oxygen atoms in total. The van der Waals surface area contributed by atoms with Gasteiger partial charge in [0.2, 0.25) is 0 Å². The van der Waals surface area contributed by atoms with Crippen LogP contribution in [0.2, 0.25) is 0 Å². The Morgan fingerprint density at radius 3 is 2.18 bits per heavy atom. The second-order valence-electron chi connectivity index (χ2n) is 7.42. The standard InChI is InChI=1S/C21H36N4O3/c1-7-24(21(27)28-15-19-11-9-8-10-12-19)23-20(26)22-14-13-18(6)25(16(2)3)17(4)5/h8-12,16-18H,7,13-15H2,1-6H3,(H2,22,23,26). The first kappa shape index (κ1) is 23.8. The molecule has 1 atom stereocenters. The van der Waals surface area contributed by atoms with E-state index in [1.54, 1.807) is 6.92 Å². The molecule has 2 N–H and O–H groups in total. The Balaban J connectivity index is 2.39. The summed E-state index contributed by atoms with van der Waals surface area (Å²) in [5, 5.41) is 3.98. The Morgan fingerprint density at radius 1 is 1.04 bits per heavy atom. The summed E-state index contributed by atoms with van der Waals surface area (Å²) in [4.78, 5) is 26.7. The molecule has 0 saturated carbocycles. The van der Waals surface area contributed by atoms with Crippen molar-refractivity contribution in [2.24, 2.45) is 0 Å². The first-order valence-corrected chi connectivity index (χ1v) is 10.1. The van der Waals surface area contributed by atoms with Crippen LogP contribution in [-0.4, -0.2) is 53.2 Å². The molecule has 28 heavy (non-hydrogen) atoms. The van der Waals surface area contributed by atoms with Gasteiger partial charge >= 0.3 is 12.1 Å². The minimum Gasteiger partial charge on any atom is -0.443 e. The Labute approximate surface area is 169 Å². The predicted octanol–water partition coefficient (Wildman–Crippen LogP) is 3.76. The summed E-state index contributed by atoms with van der Waals surface area (Å²) in [6.07, 6.45) is 0.245. The van der Waals surface area contributed by atoms with Crippen LogP contribution >= 0.6 is 0 Å². The van der Waals surface area contributed by atoms with Crippen molar-refractivity contribution >= 4 is 12.1 Å². The molecular weight excluding hydrogens is 356 g/mol. The summed E-state index contributed by atoms with van der Waals surface area (Å²) in [7, 11) is 0. The zero-order valence-corrected chi connectivity index (χ0v) is 18.1. The van der Waals surface area contributed by atoms with Gasteiger partial charge in [0.25, 0.3) is 0 Å². The smallest absolute Gasteiger partial charge is 0.429 e. The number of urea groups is 1. The molecule has 158 valence electrons. The van der Waals surface area contributed by atoms with Crippen LogP contribution in [0.5, 0.6) is 0 Å². The largest absolute Gasteiger partial charge is 0.443 e. The van der Waals surface area contributed by atoms with Gasteiger partial charge in [-0.15, -0.1) is 0 Å². The van der Waals surface area contributed by atoms with E-state index in [9.17, 15) is 9.59 Å². The average molecular weight is 393 g/mol. The third-order valence-electron chi connectivity index (χ3n) is 4.53. The van der Waals surface area contributed by atoms with Crippen LogP contribution in [0.25, 0.3) is 0 Å². The fraction of sp³-hybridized carbons (Fsp3) is 0.619. The summed E-state index contributed by atoms with van der Waals surface area (Å²) in [6.45, 7) is 13.7. The van der Waals surface area contributed by atoms with Crippen molar-refractivity contribution in [1.29, 1.82) is 0 Å². The van der Waals surface area contributed by atoms with E-state index in [0.717, 1.165) is 17.0 Å². The summed E-state index contributed by atoms with van der Waals surface area (Å²) >= 11 is 0. The minimum atomic E-state index is -0.583. The summed E-state index contributed by atoms with van der Waals surface area (Å²) in [5.74, 6) is 0. The Bertz CT molecular complexity index is 585. The predicted molar refractivity (Wildman–Crippen MR) is 112 cm³/mol. The molecule has 0 aliphatic carbocycles. The molecule has 0 aliphatic rings. The molecule has 0 heterocycles. The molecule has 3 amide bonds. The monoisotopic (exact) mass is 392 g/mol. The number of carbonyl (C=O) groups is 2. The highest BCUT2D eigenvalue weighted by Gasteiger charge is 2.20. The fourth-order valence-electron chi connectivity index (χ4n) is 3.37. The average Bonchev–Trinajstić information content (AvgIpc) is 2.64. The highest BCUT2D eigenvalue weighted by molar-refractivity contribution is 5.77. The van der Waals surface area contributed by atoms with Gasteiger partial charge in [-0.05, 0) is 53.5 Å². The first-order valence-electron chi connectivity index (χ1n) is 10.1. The Kier molecular flexibility index (Phi) is 10.4. The first-order chi connectivity index (χ1) is 13.3. The molecule has 7 heteroatoms. The maximum atomic E-state index is 12.2. The number of nitrogens with zero attached hydrogens (tertiary/aromatic N) is 2. The van der Waals surface area contributed by atoms with Crippen LogP contribution in [0.4, 0.5) is 9.59 Å². The van der Waals surface area contributed by atoms with E-state index in [4.69, 9.17) is 4.74 Å². The maximum Gasteiger partial charge on any atom is 0.429 e. The molecule has 0 bridgehead atoms. The zero-order chi connectivity index (χ0) is 21.1. The lowest BCUT2D eigenvalue weighted by atomic mass is 10.1. The van der Waals surface area contributed by atoms with Crippen molar-refractivity contribution in [3.05, 3.63) is 35.9 Å². The van der Waals surface area contributed by atoms with Gasteiger partial charge in [0.15, 0.2) is 0 Å². The van der Waals surface area contributed by atoms with E-state index in [1.165, 1.54) is 0 Å². The number of carbonyl (C=O) groups excluding carboxylic acids is 2. The number of rotatable bonds is 9. The number of hydrogen-bond acceptors (Lipinski definition) is 4. The van der Waals surface area contributed by atoms with Crippen molar-refractivity contribution in [3.8, 4) is 0 Å². The highest BCUT2D eigenvalue weighted by atomic mass is 16.6. The lowest BCUT2D eigenvalue weighted by Crippen LogP contribution is -2.51. The van der Waals surface area contributed by atoms with Gasteiger partial charge in [-0.25, -0.2) is 20.0 Å². The highest BCUT2D eigenvalue weighted by Crippen LogP contribution is 2.12. The quantitative estimate of drug-likeness (QED) is 0.628. The third-order valence-corrected chi connectivity index (χ3v) is 4.53. The maximum absolute atomic E-state index is 12.2. The van der Waals surface area contributed by atoms with E-state index < -0.39 is 12.1 Å². The number of hydrogen-bond donors (Lipinski definition) is 2. The van der Waals surface area contributed by atoms with Gasteiger partial charge in [0.1, 0.15) is 6.61 Å². The number of ether oxygens (including phenoxy) is 1. The van der Waals surface area contributed by atoms with Gasteiger partial charge in [-0.1, -0.05) is 30.3 Å². The van der Waals surface area contributed by atoms with Crippen molar-refractivity contribution in [1.82, 2.24) is 20.7 Å². The van der Waals surface area contributed by atoms with E-state index >= 15 is 0 Å². The molecule has 0 aromatic heterocycles. The van der Waals surface area contributed by atoms with Gasteiger partial charge in [0.05, 0.1) is 0 Å². The van der Waals surface area contributed by atoms with Crippen LogP contribution in [0, 0.1) is 0 Å². The molecule has 1 unspecified atom stereocenters. The lowest BCUT2D eigenvalue weighted by Gasteiger charge is -2.36. The molecule has 0 aliphatic heterocycles. The van der Waals surface area contributed by atoms with Crippen LogP contribution in [0.15, 0.2) is 30.3 Å². The molecule has 1 rings (SSSR count). The van der Waals surface area contributed by atoms with Gasteiger partial charge in [0, 0.05) is 31.2 Å². The van der Waals surface area contributed by atoms with Gasteiger partial charge in [-0.2, -0.15) is 0 Å². The van der Waals surface area contributed by atoms with Gasteiger partial charge < -0.3 is 10.1 Å². The molecule has 0 saturated heterocycles. The van der Waals surface area contributed by atoms with E-state index in [2.05, 4.69) is 50.3 Å². The Morgan fingerprint density at radius 2 is 1.64 bits per heavy atom. The number of amides is 3. The number of benzene rings is 1. The second-order valence-corrected chi connectivity index (χ2v) is 7.42. The SMILES string of the molecule is CCN(NC(=O)NCCC(C)N(C(C)C)C(C)C)C(=O)OCc1ccccc1.